The van der Waals surface area contributed by atoms with Crippen molar-refractivity contribution in [3.8, 4) is 0 Å². The van der Waals surface area contributed by atoms with E-state index in [2.05, 4.69) is 5.10 Å². The van der Waals surface area contributed by atoms with Gasteiger partial charge in [0.15, 0.2) is 0 Å². The zero-order valence-corrected chi connectivity index (χ0v) is 5.42. The maximum absolute atomic E-state index is 8.42. The molecular weight excluding hydrogens is 118 g/mol. The molecular formula is C5H9N3O. The molecule has 9 heavy (non-hydrogen) atoms. The molecule has 1 rings (SSSR count). The lowest BCUT2D eigenvalue weighted by Gasteiger charge is -1.94. The van der Waals surface area contributed by atoms with Gasteiger partial charge in [-0.2, -0.15) is 5.10 Å². The van der Waals surface area contributed by atoms with Crippen molar-refractivity contribution in [1.29, 1.82) is 0 Å². The third-order valence-electron chi connectivity index (χ3n) is 1.12. The van der Waals surface area contributed by atoms with Crippen molar-refractivity contribution in [1.82, 2.24) is 9.78 Å². The Balaban J connectivity index is 3.01. The van der Waals surface area contributed by atoms with Crippen molar-refractivity contribution in [2.24, 2.45) is 7.05 Å². The Morgan fingerprint density at radius 1 is 1.78 bits per heavy atom. The summed E-state index contributed by atoms with van der Waals surface area (Å²) in [5.74, 6) is 0.604. The van der Waals surface area contributed by atoms with E-state index in [1.54, 1.807) is 17.8 Å². The molecule has 4 heteroatoms. The van der Waals surface area contributed by atoms with E-state index >= 15 is 0 Å². The van der Waals surface area contributed by atoms with Crippen LogP contribution >= 0.6 is 0 Å². The lowest BCUT2D eigenvalue weighted by molar-refractivity contribution is 0.381. The quantitative estimate of drug-likeness (QED) is 0.541. The minimum Gasteiger partial charge on any atom is -0.290 e. The lowest BCUT2D eigenvalue weighted by Crippen LogP contribution is -1.98. The molecule has 1 aromatic heterocycles. The summed E-state index contributed by atoms with van der Waals surface area (Å²) in [6.45, 7) is 1.86. The summed E-state index contributed by atoms with van der Waals surface area (Å²) in [5.41, 5.74) is 2.90. The second kappa shape index (κ2) is 2.06. The van der Waals surface area contributed by atoms with E-state index in [1.165, 1.54) is 0 Å². The molecule has 0 radical (unpaired) electrons. The predicted octanol–water partition coefficient (Wildman–Crippen LogP) is 0.530. The molecule has 1 aromatic rings. The van der Waals surface area contributed by atoms with Crippen molar-refractivity contribution in [2.75, 3.05) is 5.48 Å². The summed E-state index contributed by atoms with van der Waals surface area (Å²) < 4.78 is 1.56. The molecule has 0 aliphatic heterocycles. The van der Waals surface area contributed by atoms with Gasteiger partial charge >= 0.3 is 0 Å². The largest absolute Gasteiger partial charge is 0.290 e. The normalized spacial score (nSPS) is 9.67. The highest BCUT2D eigenvalue weighted by Gasteiger charge is 1.96. The Labute approximate surface area is 53.1 Å². The average Bonchev–Trinajstić information content (AvgIpc) is 2.10. The van der Waals surface area contributed by atoms with Gasteiger partial charge in [-0.25, -0.2) is 0 Å². The molecule has 0 fully saturated rings. The van der Waals surface area contributed by atoms with Gasteiger partial charge in [0.1, 0.15) is 5.82 Å². The lowest BCUT2D eigenvalue weighted by atomic mass is 10.5. The van der Waals surface area contributed by atoms with Gasteiger partial charge < -0.3 is 0 Å². The van der Waals surface area contributed by atoms with E-state index in [9.17, 15) is 0 Å². The number of nitrogens with one attached hydrogen (secondary N) is 1. The van der Waals surface area contributed by atoms with Crippen molar-refractivity contribution in [2.45, 2.75) is 6.92 Å². The van der Waals surface area contributed by atoms with Crippen LogP contribution in [-0.2, 0) is 7.05 Å². The molecule has 0 atom stereocenters. The highest BCUT2D eigenvalue weighted by Crippen LogP contribution is 2.05. The van der Waals surface area contributed by atoms with Gasteiger partial charge in [0, 0.05) is 13.1 Å². The van der Waals surface area contributed by atoms with Crippen LogP contribution in [0.3, 0.4) is 0 Å². The summed E-state index contributed by atoms with van der Waals surface area (Å²) in [6.07, 6.45) is 0. The third-order valence-corrected chi connectivity index (χ3v) is 1.12. The van der Waals surface area contributed by atoms with Crippen molar-refractivity contribution in [3.63, 3.8) is 0 Å². The molecule has 0 amide bonds. The summed E-state index contributed by atoms with van der Waals surface area (Å²) in [4.78, 5) is 0. The van der Waals surface area contributed by atoms with Crippen molar-refractivity contribution >= 4 is 5.82 Å². The molecule has 4 nitrogen and oxygen atoms in total. The van der Waals surface area contributed by atoms with Gasteiger partial charge in [-0.15, -0.1) is 0 Å². The molecule has 50 valence electrons. The molecule has 0 bridgehead atoms. The first-order valence-electron chi connectivity index (χ1n) is 2.65. The van der Waals surface area contributed by atoms with E-state index in [-0.39, 0.29) is 0 Å². The first kappa shape index (κ1) is 6.10. The fraction of sp³-hybridized carbons (Fsp3) is 0.400. The topological polar surface area (TPSA) is 50.1 Å². The standard InChI is InChI=1S/C5H9N3O/c1-4-3-5(7-9)8(2)6-4/h3,7,9H,1-2H3. The van der Waals surface area contributed by atoms with E-state index in [4.69, 9.17) is 5.21 Å². The summed E-state index contributed by atoms with van der Waals surface area (Å²) in [5, 5.41) is 12.4. The number of rotatable bonds is 1. The van der Waals surface area contributed by atoms with Crippen LogP contribution in [0.4, 0.5) is 5.82 Å². The molecule has 2 N–H and O–H groups in total. The molecule has 1 heterocycles. The van der Waals surface area contributed by atoms with Crippen LogP contribution in [0.15, 0.2) is 6.07 Å². The molecule has 0 saturated carbocycles. The SMILES string of the molecule is Cc1cc(NO)n(C)n1. The second-order valence-corrected chi connectivity index (χ2v) is 1.91. The van der Waals surface area contributed by atoms with Gasteiger partial charge in [0.05, 0.1) is 5.69 Å². The van der Waals surface area contributed by atoms with Crippen LogP contribution in [-0.4, -0.2) is 15.0 Å². The fourth-order valence-electron chi connectivity index (χ4n) is 0.715. The second-order valence-electron chi connectivity index (χ2n) is 1.91. The zero-order chi connectivity index (χ0) is 6.85. The minimum atomic E-state index is 0.604. The van der Waals surface area contributed by atoms with Crippen LogP contribution < -0.4 is 5.48 Å². The molecule has 0 aliphatic rings. The van der Waals surface area contributed by atoms with Crippen LogP contribution in [0.25, 0.3) is 0 Å². The highest BCUT2D eigenvalue weighted by molar-refractivity contribution is 5.33. The molecule has 0 aliphatic carbocycles. The number of aromatic nitrogens is 2. The zero-order valence-electron chi connectivity index (χ0n) is 5.42. The van der Waals surface area contributed by atoms with Crippen molar-refractivity contribution in [3.05, 3.63) is 11.8 Å². The maximum atomic E-state index is 8.42. The van der Waals surface area contributed by atoms with E-state index < -0.39 is 0 Å². The van der Waals surface area contributed by atoms with E-state index in [0.717, 1.165) is 5.69 Å². The van der Waals surface area contributed by atoms with E-state index in [1.807, 2.05) is 12.4 Å². The average molecular weight is 127 g/mol. The number of hydrogen-bond acceptors (Lipinski definition) is 3. The van der Waals surface area contributed by atoms with Gasteiger partial charge in [-0.1, -0.05) is 0 Å². The summed E-state index contributed by atoms with van der Waals surface area (Å²) >= 11 is 0. The summed E-state index contributed by atoms with van der Waals surface area (Å²) in [7, 11) is 1.76. The van der Waals surface area contributed by atoms with Crippen molar-refractivity contribution < 1.29 is 5.21 Å². The summed E-state index contributed by atoms with van der Waals surface area (Å²) in [6, 6.07) is 1.75. The van der Waals surface area contributed by atoms with Crippen LogP contribution in [0.5, 0.6) is 0 Å². The van der Waals surface area contributed by atoms with Crippen LogP contribution in [0.1, 0.15) is 5.69 Å². The number of anilines is 1. The molecule has 0 aromatic carbocycles. The third kappa shape index (κ3) is 1.02. The Morgan fingerprint density at radius 3 is 2.67 bits per heavy atom. The predicted molar refractivity (Wildman–Crippen MR) is 33.4 cm³/mol. The van der Waals surface area contributed by atoms with Crippen LogP contribution in [0, 0.1) is 6.92 Å². The number of nitrogens with zero attached hydrogens (tertiary/aromatic N) is 2. The minimum absolute atomic E-state index is 0.604. The maximum Gasteiger partial charge on any atom is 0.147 e. The first-order chi connectivity index (χ1) is 4.24. The highest BCUT2D eigenvalue weighted by atomic mass is 16.5. The van der Waals surface area contributed by atoms with Gasteiger partial charge in [0.2, 0.25) is 0 Å². The van der Waals surface area contributed by atoms with E-state index in [0.29, 0.717) is 5.82 Å². The molecule has 0 saturated heterocycles. The molecule has 0 spiro atoms. The Kier molecular flexibility index (Phi) is 1.40. The fourth-order valence-corrected chi connectivity index (χ4v) is 0.715. The Bertz CT molecular complexity index is 206. The first-order valence-corrected chi connectivity index (χ1v) is 2.65. The Hall–Kier alpha value is -1.03. The smallest absolute Gasteiger partial charge is 0.147 e. The number of hydrogen-bond donors (Lipinski definition) is 2. The molecule has 0 unspecified atom stereocenters. The van der Waals surface area contributed by atoms with Crippen LogP contribution in [0.2, 0.25) is 0 Å². The Morgan fingerprint density at radius 2 is 2.44 bits per heavy atom. The monoisotopic (exact) mass is 127 g/mol. The van der Waals surface area contributed by atoms with Gasteiger partial charge in [-0.05, 0) is 6.92 Å². The van der Waals surface area contributed by atoms with Gasteiger partial charge in [-0.3, -0.25) is 15.4 Å². The number of aryl methyl sites for hydroxylation is 2. The van der Waals surface area contributed by atoms with Gasteiger partial charge in [0.25, 0.3) is 0 Å².